The summed E-state index contributed by atoms with van der Waals surface area (Å²) in [5.74, 6) is -0.444. The summed E-state index contributed by atoms with van der Waals surface area (Å²) < 4.78 is 25.8. The molecule has 0 fully saturated rings. The third-order valence-electron chi connectivity index (χ3n) is 3.04. The molecule has 1 amide bonds. The van der Waals surface area contributed by atoms with Gasteiger partial charge in [-0.05, 0) is 12.1 Å². The van der Waals surface area contributed by atoms with Gasteiger partial charge in [-0.25, -0.2) is 8.42 Å². The molecule has 1 aromatic carbocycles. The van der Waals surface area contributed by atoms with Gasteiger partial charge in [0.25, 0.3) is 0 Å². The van der Waals surface area contributed by atoms with Crippen LogP contribution in [0.1, 0.15) is 23.7 Å². The van der Waals surface area contributed by atoms with E-state index in [-0.39, 0.29) is 23.1 Å². The van der Waals surface area contributed by atoms with Gasteiger partial charge >= 0.3 is 0 Å². The maximum absolute atomic E-state index is 12.4. The molecule has 0 saturated carbocycles. The van der Waals surface area contributed by atoms with Gasteiger partial charge in [0.15, 0.2) is 5.78 Å². The lowest BCUT2D eigenvalue weighted by Crippen LogP contribution is -2.37. The lowest BCUT2D eigenvalue weighted by atomic mass is 10.1. The highest BCUT2D eigenvalue weighted by Crippen LogP contribution is 2.17. The number of sulfonamides is 1. The molecule has 1 aromatic rings. The largest absolute Gasteiger partial charge is 0.348 e. The third-order valence-corrected chi connectivity index (χ3v) is 4.84. The summed E-state index contributed by atoms with van der Waals surface area (Å²) >= 11 is 0. The number of carbonyl (C=O) groups is 2. The van der Waals surface area contributed by atoms with E-state index in [1.807, 2.05) is 0 Å². The van der Waals surface area contributed by atoms with Crippen LogP contribution in [-0.4, -0.2) is 57.0 Å². The Hall–Kier alpha value is -1.73. The maximum Gasteiger partial charge on any atom is 0.243 e. The van der Waals surface area contributed by atoms with Crippen LogP contribution in [0.3, 0.4) is 0 Å². The molecule has 0 atom stereocenters. The second-order valence-corrected chi connectivity index (χ2v) is 6.90. The summed E-state index contributed by atoms with van der Waals surface area (Å²) in [4.78, 5) is 24.6. The molecule has 0 unspecified atom stereocenters. The van der Waals surface area contributed by atoms with Gasteiger partial charge in [0.2, 0.25) is 15.9 Å². The third kappa shape index (κ3) is 4.12. The molecule has 1 rings (SSSR count). The van der Waals surface area contributed by atoms with E-state index < -0.39 is 10.0 Å². The van der Waals surface area contributed by atoms with E-state index in [0.717, 1.165) is 4.31 Å². The van der Waals surface area contributed by atoms with Crippen LogP contribution in [0, 0.1) is 0 Å². The molecular formula is C14H20N2O4S. The Morgan fingerprint density at radius 3 is 2.29 bits per heavy atom. The molecule has 0 N–H and O–H groups in total. The molecule has 6 nitrogen and oxygen atoms in total. The fourth-order valence-corrected chi connectivity index (χ4v) is 2.80. The van der Waals surface area contributed by atoms with Crippen LogP contribution in [-0.2, 0) is 14.8 Å². The van der Waals surface area contributed by atoms with Crippen LogP contribution in [0.2, 0.25) is 0 Å². The van der Waals surface area contributed by atoms with Crippen molar-refractivity contribution >= 4 is 21.7 Å². The Morgan fingerprint density at radius 1 is 1.14 bits per heavy atom. The number of benzene rings is 1. The number of Topliss-reactive ketones (excluding diaryl/α,β-unsaturated/α-hetero) is 1. The van der Waals surface area contributed by atoms with E-state index in [4.69, 9.17) is 0 Å². The summed E-state index contributed by atoms with van der Waals surface area (Å²) in [7, 11) is 0.658. The van der Waals surface area contributed by atoms with Crippen LogP contribution in [0.15, 0.2) is 29.2 Å². The molecule has 116 valence electrons. The van der Waals surface area contributed by atoms with E-state index in [1.54, 1.807) is 27.1 Å². The van der Waals surface area contributed by atoms with Gasteiger partial charge in [-0.1, -0.05) is 19.1 Å². The smallest absolute Gasteiger partial charge is 0.243 e. The number of carbonyl (C=O) groups excluding carboxylic acids is 2. The first-order valence-corrected chi connectivity index (χ1v) is 7.94. The second kappa shape index (κ2) is 6.82. The van der Waals surface area contributed by atoms with E-state index in [0.29, 0.717) is 12.0 Å². The molecule has 0 heterocycles. The highest BCUT2D eigenvalue weighted by Gasteiger charge is 2.24. The summed E-state index contributed by atoms with van der Waals surface area (Å²) in [6, 6.07) is 5.86. The Labute approximate surface area is 125 Å². The molecule has 0 aliphatic carbocycles. The average Bonchev–Trinajstić information content (AvgIpc) is 2.46. The van der Waals surface area contributed by atoms with Gasteiger partial charge in [0, 0.05) is 33.1 Å². The Morgan fingerprint density at radius 2 is 1.76 bits per heavy atom. The van der Waals surface area contributed by atoms with E-state index in [1.165, 1.54) is 30.1 Å². The topological polar surface area (TPSA) is 74.8 Å². The number of hydrogen-bond acceptors (Lipinski definition) is 4. The molecule has 21 heavy (non-hydrogen) atoms. The summed E-state index contributed by atoms with van der Waals surface area (Å²) in [5, 5.41) is 0. The summed E-state index contributed by atoms with van der Waals surface area (Å²) in [6.45, 7) is 1.46. The number of nitrogens with zero attached hydrogens (tertiary/aromatic N) is 2. The number of amides is 1. The highest BCUT2D eigenvalue weighted by molar-refractivity contribution is 7.89. The number of likely N-dealkylation sites (N-methyl/N-ethyl adjacent to an activating group) is 2. The average molecular weight is 312 g/mol. The lowest BCUT2D eigenvalue weighted by Gasteiger charge is -2.19. The number of rotatable bonds is 6. The lowest BCUT2D eigenvalue weighted by molar-refractivity contribution is -0.128. The normalized spacial score (nSPS) is 11.5. The first-order chi connectivity index (χ1) is 9.70. The van der Waals surface area contributed by atoms with Crippen LogP contribution < -0.4 is 0 Å². The van der Waals surface area contributed by atoms with Crippen molar-refractivity contribution in [3.05, 3.63) is 29.8 Å². The quantitative estimate of drug-likeness (QED) is 0.734. The van der Waals surface area contributed by atoms with Gasteiger partial charge in [0.05, 0.1) is 11.4 Å². The van der Waals surface area contributed by atoms with Crippen molar-refractivity contribution in [2.45, 2.75) is 18.2 Å². The minimum absolute atomic E-state index is 0.0101. The molecule has 0 aliphatic heterocycles. The molecular weight excluding hydrogens is 292 g/mol. The zero-order valence-electron chi connectivity index (χ0n) is 12.7. The Bertz CT molecular complexity index is 638. The Balaban J connectivity index is 3.08. The van der Waals surface area contributed by atoms with Crippen LogP contribution in [0.25, 0.3) is 0 Å². The van der Waals surface area contributed by atoms with E-state index in [9.17, 15) is 18.0 Å². The molecule has 0 radical (unpaired) electrons. The number of hydrogen-bond donors (Lipinski definition) is 0. The van der Waals surface area contributed by atoms with Crippen molar-refractivity contribution in [1.29, 1.82) is 0 Å². The molecule has 0 aromatic heterocycles. The van der Waals surface area contributed by atoms with Crippen molar-refractivity contribution in [3.8, 4) is 0 Å². The first kappa shape index (κ1) is 17.3. The SMILES string of the molecule is CCC(=O)c1cccc(S(=O)(=O)N(C)CC(=O)N(C)C)c1. The zero-order valence-corrected chi connectivity index (χ0v) is 13.5. The van der Waals surface area contributed by atoms with Crippen molar-refractivity contribution in [1.82, 2.24) is 9.21 Å². The predicted molar refractivity (Wildman–Crippen MR) is 79.6 cm³/mol. The first-order valence-electron chi connectivity index (χ1n) is 6.50. The highest BCUT2D eigenvalue weighted by atomic mass is 32.2. The minimum Gasteiger partial charge on any atom is -0.348 e. The van der Waals surface area contributed by atoms with Crippen LogP contribution >= 0.6 is 0 Å². The van der Waals surface area contributed by atoms with Crippen molar-refractivity contribution in [3.63, 3.8) is 0 Å². The molecule has 0 saturated heterocycles. The fraction of sp³-hybridized carbons (Fsp3) is 0.429. The van der Waals surface area contributed by atoms with Gasteiger partial charge in [-0.3, -0.25) is 9.59 Å². The Kier molecular flexibility index (Phi) is 5.62. The van der Waals surface area contributed by atoms with Crippen molar-refractivity contribution in [2.24, 2.45) is 0 Å². The van der Waals surface area contributed by atoms with Crippen LogP contribution in [0.4, 0.5) is 0 Å². The molecule has 7 heteroatoms. The maximum atomic E-state index is 12.4. The molecule has 0 aliphatic rings. The summed E-state index contributed by atoms with van der Waals surface area (Å²) in [6.07, 6.45) is 0.304. The summed E-state index contributed by atoms with van der Waals surface area (Å²) in [5.41, 5.74) is 0.353. The van der Waals surface area contributed by atoms with Crippen LogP contribution in [0.5, 0.6) is 0 Å². The second-order valence-electron chi connectivity index (χ2n) is 4.85. The monoisotopic (exact) mass is 312 g/mol. The number of ketones is 1. The molecule has 0 spiro atoms. The fourth-order valence-electron chi connectivity index (χ4n) is 1.63. The molecule has 0 bridgehead atoms. The minimum atomic E-state index is -3.80. The van der Waals surface area contributed by atoms with Gasteiger partial charge in [-0.15, -0.1) is 0 Å². The van der Waals surface area contributed by atoms with E-state index in [2.05, 4.69) is 0 Å². The standard InChI is InChI=1S/C14H20N2O4S/c1-5-13(17)11-7-6-8-12(9-11)21(19,20)16(4)10-14(18)15(2)3/h6-9H,5,10H2,1-4H3. The van der Waals surface area contributed by atoms with Crippen molar-refractivity contribution in [2.75, 3.05) is 27.7 Å². The van der Waals surface area contributed by atoms with Gasteiger partial charge < -0.3 is 4.90 Å². The predicted octanol–water partition coefficient (Wildman–Crippen LogP) is 0.988. The van der Waals surface area contributed by atoms with Gasteiger partial charge in [-0.2, -0.15) is 4.31 Å². The zero-order chi connectivity index (χ0) is 16.2. The van der Waals surface area contributed by atoms with Crippen molar-refractivity contribution < 1.29 is 18.0 Å². The van der Waals surface area contributed by atoms with E-state index >= 15 is 0 Å². The van der Waals surface area contributed by atoms with Gasteiger partial charge in [0.1, 0.15) is 0 Å².